The van der Waals surface area contributed by atoms with Crippen LogP contribution in [0.1, 0.15) is 20.7 Å². The molecule has 2 N–H and O–H groups in total. The molecule has 2 aromatic heterocycles. The van der Waals surface area contributed by atoms with Crippen molar-refractivity contribution in [2.24, 2.45) is 0 Å². The van der Waals surface area contributed by atoms with Gasteiger partial charge in [0.25, 0.3) is 5.91 Å². The summed E-state index contributed by atoms with van der Waals surface area (Å²) in [5.41, 5.74) is 0.361. The fourth-order valence-electron chi connectivity index (χ4n) is 1.35. The molecule has 1 amide bonds. The van der Waals surface area contributed by atoms with Gasteiger partial charge < -0.3 is 10.4 Å². The van der Waals surface area contributed by atoms with Crippen molar-refractivity contribution in [3.05, 3.63) is 43.1 Å². The Morgan fingerprint density at radius 3 is 2.63 bits per heavy atom. The van der Waals surface area contributed by atoms with Crippen molar-refractivity contribution in [2.45, 2.75) is 0 Å². The highest BCUT2D eigenvalue weighted by atomic mass is 79.9. The van der Waals surface area contributed by atoms with Crippen LogP contribution in [0.5, 0.6) is 0 Å². The van der Waals surface area contributed by atoms with Crippen LogP contribution in [0.15, 0.2) is 32.0 Å². The number of carboxylic acids is 1. The van der Waals surface area contributed by atoms with E-state index in [9.17, 15) is 9.59 Å². The number of amides is 1. The zero-order valence-electron chi connectivity index (χ0n) is 9.18. The molecule has 0 atom stereocenters. The van der Waals surface area contributed by atoms with E-state index in [0.717, 1.165) is 3.79 Å². The lowest BCUT2D eigenvalue weighted by molar-refractivity contribution is 0.0697. The van der Waals surface area contributed by atoms with Crippen molar-refractivity contribution < 1.29 is 14.7 Å². The molecule has 0 unspecified atom stereocenters. The molecule has 98 valence electrons. The van der Waals surface area contributed by atoms with Crippen LogP contribution in [0.25, 0.3) is 0 Å². The molecule has 5 nitrogen and oxygen atoms in total. The summed E-state index contributed by atoms with van der Waals surface area (Å²) >= 11 is 7.90. The molecule has 2 rings (SSSR count). The quantitative estimate of drug-likeness (QED) is 0.817. The van der Waals surface area contributed by atoms with E-state index in [1.165, 1.54) is 29.7 Å². The summed E-state index contributed by atoms with van der Waals surface area (Å²) in [4.78, 5) is 26.9. The minimum atomic E-state index is -1.14. The van der Waals surface area contributed by atoms with Gasteiger partial charge in [0.05, 0.1) is 13.1 Å². The van der Waals surface area contributed by atoms with Gasteiger partial charge in [-0.2, -0.15) is 0 Å². The number of nitrogens with zero attached hydrogens (tertiary/aromatic N) is 1. The Morgan fingerprint density at radius 1 is 1.32 bits per heavy atom. The second-order valence-corrected chi connectivity index (χ2v) is 7.15. The summed E-state index contributed by atoms with van der Waals surface area (Å²) < 4.78 is 1.45. The molecule has 2 heterocycles. The Balaban J connectivity index is 2.29. The minimum absolute atomic E-state index is 0.0224. The van der Waals surface area contributed by atoms with Gasteiger partial charge in [0.2, 0.25) is 0 Å². The third-order valence-electron chi connectivity index (χ3n) is 2.17. The Hall–Kier alpha value is -1.25. The van der Waals surface area contributed by atoms with Gasteiger partial charge in [-0.15, -0.1) is 11.3 Å². The van der Waals surface area contributed by atoms with Crippen molar-refractivity contribution in [3.8, 4) is 0 Å². The maximum atomic E-state index is 12.0. The number of hydrogen-bond donors (Lipinski definition) is 2. The van der Waals surface area contributed by atoms with Crippen LogP contribution < -0.4 is 5.32 Å². The first-order valence-corrected chi connectivity index (χ1v) is 7.34. The number of carbonyl (C=O) groups is 2. The van der Waals surface area contributed by atoms with Crippen LogP contribution in [0.3, 0.4) is 0 Å². The van der Waals surface area contributed by atoms with Gasteiger partial charge in [0.15, 0.2) is 0 Å². The SMILES string of the molecule is O=C(O)c1cccnc1NC(=O)c1cc(Br)sc1Br. The summed E-state index contributed by atoms with van der Waals surface area (Å²) in [6.45, 7) is 0. The molecule has 19 heavy (non-hydrogen) atoms. The van der Waals surface area contributed by atoms with Crippen LogP contribution in [0, 0.1) is 0 Å². The fourth-order valence-corrected chi connectivity index (χ4v) is 4.14. The minimum Gasteiger partial charge on any atom is -0.478 e. The van der Waals surface area contributed by atoms with Crippen molar-refractivity contribution in [1.29, 1.82) is 0 Å². The first-order valence-electron chi connectivity index (χ1n) is 4.93. The predicted molar refractivity (Wildman–Crippen MR) is 78.9 cm³/mol. The van der Waals surface area contributed by atoms with E-state index >= 15 is 0 Å². The lowest BCUT2D eigenvalue weighted by Gasteiger charge is -2.06. The molecule has 0 saturated heterocycles. The maximum Gasteiger partial charge on any atom is 0.339 e. The van der Waals surface area contributed by atoms with Crippen molar-refractivity contribution in [2.75, 3.05) is 5.32 Å². The van der Waals surface area contributed by atoms with Crippen molar-refractivity contribution in [3.63, 3.8) is 0 Å². The largest absolute Gasteiger partial charge is 0.478 e. The van der Waals surface area contributed by atoms with E-state index in [-0.39, 0.29) is 11.4 Å². The van der Waals surface area contributed by atoms with E-state index in [0.29, 0.717) is 9.35 Å². The molecule has 0 fully saturated rings. The highest BCUT2D eigenvalue weighted by Gasteiger charge is 2.17. The summed E-state index contributed by atoms with van der Waals surface area (Å²) in [7, 11) is 0. The van der Waals surface area contributed by atoms with Gasteiger partial charge in [0.1, 0.15) is 11.4 Å². The number of aromatic nitrogens is 1. The monoisotopic (exact) mass is 404 g/mol. The second-order valence-electron chi connectivity index (χ2n) is 3.40. The summed E-state index contributed by atoms with van der Waals surface area (Å²) in [5.74, 6) is -1.54. The smallest absolute Gasteiger partial charge is 0.339 e. The van der Waals surface area contributed by atoms with Crippen LogP contribution in [0.2, 0.25) is 0 Å². The van der Waals surface area contributed by atoms with Crippen molar-refractivity contribution in [1.82, 2.24) is 4.98 Å². The van der Waals surface area contributed by atoms with Crippen LogP contribution in [-0.4, -0.2) is 22.0 Å². The van der Waals surface area contributed by atoms with E-state index in [1.54, 1.807) is 6.07 Å². The first kappa shape index (κ1) is 14.2. The van der Waals surface area contributed by atoms with Gasteiger partial charge >= 0.3 is 5.97 Å². The highest BCUT2D eigenvalue weighted by Crippen LogP contribution is 2.32. The van der Waals surface area contributed by atoms with E-state index in [2.05, 4.69) is 42.2 Å². The predicted octanol–water partition coefficient (Wildman–Crippen LogP) is 3.62. The number of carbonyl (C=O) groups excluding carboxylic acids is 1. The van der Waals surface area contributed by atoms with Gasteiger partial charge in [0, 0.05) is 6.20 Å². The summed E-state index contributed by atoms with van der Waals surface area (Å²) in [5, 5.41) is 11.5. The number of nitrogens with one attached hydrogen (secondary N) is 1. The molecule has 0 radical (unpaired) electrons. The van der Waals surface area contributed by atoms with Gasteiger partial charge in [-0.05, 0) is 50.1 Å². The summed E-state index contributed by atoms with van der Waals surface area (Å²) in [6.07, 6.45) is 1.42. The average molecular weight is 406 g/mol. The molecule has 0 aliphatic rings. The molecule has 0 aliphatic carbocycles. The van der Waals surface area contributed by atoms with Gasteiger partial charge in [-0.25, -0.2) is 9.78 Å². The number of halogens is 2. The number of aromatic carboxylic acids is 1. The summed E-state index contributed by atoms with van der Waals surface area (Å²) in [6, 6.07) is 4.52. The normalized spacial score (nSPS) is 10.2. The molecule has 0 aromatic carbocycles. The topological polar surface area (TPSA) is 79.3 Å². The molecule has 0 saturated carbocycles. The molecule has 0 spiro atoms. The van der Waals surface area contributed by atoms with Crippen LogP contribution >= 0.6 is 43.2 Å². The third kappa shape index (κ3) is 3.20. The van der Waals surface area contributed by atoms with Crippen LogP contribution in [-0.2, 0) is 0 Å². The highest BCUT2D eigenvalue weighted by molar-refractivity contribution is 9.12. The van der Waals surface area contributed by atoms with Crippen LogP contribution in [0.4, 0.5) is 5.82 Å². The lowest BCUT2D eigenvalue weighted by Crippen LogP contribution is -2.15. The maximum absolute atomic E-state index is 12.0. The van der Waals surface area contributed by atoms with E-state index in [4.69, 9.17) is 5.11 Å². The van der Waals surface area contributed by atoms with E-state index < -0.39 is 11.9 Å². The third-order valence-corrected chi connectivity index (χ3v) is 4.51. The van der Waals surface area contributed by atoms with Gasteiger partial charge in [-0.1, -0.05) is 0 Å². The molecule has 0 aliphatic heterocycles. The Kier molecular flexibility index (Phi) is 4.33. The Morgan fingerprint density at radius 2 is 2.05 bits per heavy atom. The fraction of sp³-hybridized carbons (Fsp3) is 0. The van der Waals surface area contributed by atoms with E-state index in [1.807, 2.05) is 0 Å². The second kappa shape index (κ2) is 5.81. The number of rotatable bonds is 3. The molecule has 2 aromatic rings. The average Bonchev–Trinajstić information content (AvgIpc) is 2.69. The Labute approximate surface area is 128 Å². The number of hydrogen-bond acceptors (Lipinski definition) is 4. The number of thiophene rings is 1. The zero-order chi connectivity index (χ0) is 14.0. The van der Waals surface area contributed by atoms with Crippen molar-refractivity contribution >= 4 is 60.9 Å². The molecule has 0 bridgehead atoms. The molecular weight excluding hydrogens is 400 g/mol. The number of anilines is 1. The first-order chi connectivity index (χ1) is 8.99. The standard InChI is InChI=1S/C11H6Br2N2O3S/c12-7-4-6(8(13)19-7)10(16)15-9-5(11(17)18)2-1-3-14-9/h1-4H,(H,17,18)(H,14,15,16). The zero-order valence-corrected chi connectivity index (χ0v) is 13.2. The lowest BCUT2D eigenvalue weighted by atomic mass is 10.2. The number of carboxylic acid groups (broad SMARTS) is 1. The Bertz CT molecular complexity index is 657. The molecular formula is C11H6Br2N2O3S. The van der Waals surface area contributed by atoms with Gasteiger partial charge in [-0.3, -0.25) is 4.79 Å². The number of pyridine rings is 1. The molecule has 8 heteroatoms.